The Kier molecular flexibility index (Phi) is 9.03. The van der Waals surface area contributed by atoms with Crippen LogP contribution >= 0.6 is 11.8 Å². The number of hydrogen-bond acceptors (Lipinski definition) is 6. The van der Waals surface area contributed by atoms with Crippen molar-refractivity contribution in [3.05, 3.63) is 63.6 Å². The van der Waals surface area contributed by atoms with Crippen LogP contribution in [0.15, 0.2) is 46.3 Å². The molecule has 4 rings (SSSR count). The van der Waals surface area contributed by atoms with E-state index in [1.807, 2.05) is 0 Å². The molecular weight excluding hydrogens is 560 g/mol. The fraction of sp³-hybridized carbons (Fsp3) is 0.407. The van der Waals surface area contributed by atoms with Gasteiger partial charge in [0.2, 0.25) is 0 Å². The third kappa shape index (κ3) is 7.30. The molecule has 1 atom stereocenters. The Labute approximate surface area is 231 Å². The minimum absolute atomic E-state index is 0.0744. The number of benzene rings is 2. The number of carbonyl (C=O) groups is 1. The Morgan fingerprint density at radius 3 is 2.52 bits per heavy atom. The standard InChI is InChI=1S/C27H27F6N3O3S/c1-36-11-3-4-19(36)9-10-34-24-23(40-25(37)35-24)13-16-5-8-21(22(12-16)38-2)39-15-17-6-7-18(26(28,29)30)14-20(17)27(31,32)33/h5-8,12-14,19H,3-4,9-11,15H2,1-2H3,(H,34,35,37). The first kappa shape index (κ1) is 29.8. The minimum atomic E-state index is -5.00. The summed E-state index contributed by atoms with van der Waals surface area (Å²) in [5.41, 5.74) is -2.66. The topological polar surface area (TPSA) is 63.2 Å². The van der Waals surface area contributed by atoms with E-state index in [9.17, 15) is 31.1 Å². The number of aliphatic imine (C=N–C) groups is 1. The van der Waals surface area contributed by atoms with E-state index < -0.39 is 35.6 Å². The Morgan fingerprint density at radius 1 is 1.10 bits per heavy atom. The van der Waals surface area contributed by atoms with E-state index in [1.165, 1.54) is 13.2 Å². The molecule has 2 aliphatic heterocycles. The van der Waals surface area contributed by atoms with Crippen LogP contribution in [0, 0.1) is 0 Å². The Balaban J connectivity index is 1.46. The number of alkyl halides is 6. The number of amidine groups is 1. The van der Waals surface area contributed by atoms with Crippen molar-refractivity contribution in [1.82, 2.24) is 10.2 Å². The van der Waals surface area contributed by atoms with Crippen molar-refractivity contribution in [3.63, 3.8) is 0 Å². The quantitative estimate of drug-likeness (QED) is 0.336. The number of ether oxygens (including phenoxy) is 2. The molecule has 0 aromatic heterocycles. The molecule has 2 aliphatic rings. The number of likely N-dealkylation sites (tertiary alicyclic amines) is 1. The number of amides is 1. The van der Waals surface area contributed by atoms with Gasteiger partial charge in [0.15, 0.2) is 11.5 Å². The average molecular weight is 588 g/mol. The zero-order valence-corrected chi connectivity index (χ0v) is 22.5. The molecule has 1 amide bonds. The average Bonchev–Trinajstić information content (AvgIpc) is 3.45. The summed E-state index contributed by atoms with van der Waals surface area (Å²) in [6.07, 6.45) is -4.98. The first-order chi connectivity index (χ1) is 18.8. The van der Waals surface area contributed by atoms with Crippen LogP contribution in [-0.2, 0) is 19.0 Å². The highest BCUT2D eigenvalue weighted by Crippen LogP contribution is 2.38. The van der Waals surface area contributed by atoms with Crippen molar-refractivity contribution in [2.45, 2.75) is 44.3 Å². The minimum Gasteiger partial charge on any atom is -0.493 e. The van der Waals surface area contributed by atoms with Crippen LogP contribution in [0.3, 0.4) is 0 Å². The fourth-order valence-electron chi connectivity index (χ4n) is 4.58. The second-order valence-corrected chi connectivity index (χ2v) is 10.4. The lowest BCUT2D eigenvalue weighted by molar-refractivity contribution is -0.143. The van der Waals surface area contributed by atoms with Gasteiger partial charge in [-0.3, -0.25) is 4.79 Å². The summed E-state index contributed by atoms with van der Waals surface area (Å²) in [6.45, 7) is 1.09. The third-order valence-corrected chi connectivity index (χ3v) is 7.48. The molecular formula is C27H27F6N3O3S. The Morgan fingerprint density at radius 2 is 1.88 bits per heavy atom. The fourth-order valence-corrected chi connectivity index (χ4v) is 5.31. The highest BCUT2D eigenvalue weighted by Gasteiger charge is 2.38. The highest BCUT2D eigenvalue weighted by atomic mass is 32.2. The second-order valence-electron chi connectivity index (χ2n) is 9.40. The number of hydrogen-bond donors (Lipinski definition) is 1. The molecule has 2 aromatic carbocycles. The molecule has 1 fully saturated rings. The van der Waals surface area contributed by atoms with E-state index in [-0.39, 0.29) is 22.8 Å². The van der Waals surface area contributed by atoms with Gasteiger partial charge in [-0.1, -0.05) is 12.1 Å². The highest BCUT2D eigenvalue weighted by molar-refractivity contribution is 8.18. The van der Waals surface area contributed by atoms with Gasteiger partial charge in [-0.2, -0.15) is 31.3 Å². The van der Waals surface area contributed by atoms with E-state index in [1.54, 1.807) is 18.2 Å². The second kappa shape index (κ2) is 12.1. The van der Waals surface area contributed by atoms with E-state index in [0.717, 1.165) is 43.6 Å². The molecule has 0 saturated carbocycles. The molecule has 1 unspecified atom stereocenters. The van der Waals surface area contributed by atoms with E-state index >= 15 is 0 Å². The molecule has 6 nitrogen and oxygen atoms in total. The lowest BCUT2D eigenvalue weighted by atomic mass is 10.0. The maximum Gasteiger partial charge on any atom is 0.416 e. The van der Waals surface area contributed by atoms with Crippen molar-refractivity contribution in [2.75, 3.05) is 27.2 Å². The number of carbonyl (C=O) groups excluding carboxylic acids is 1. The SMILES string of the molecule is COc1cc(C=C2SC(=O)N=C2NCCC2CCCN2C)ccc1OCc1ccc(C(F)(F)F)cc1C(F)(F)F. The third-order valence-electron chi connectivity index (χ3n) is 6.69. The van der Waals surface area contributed by atoms with Gasteiger partial charge < -0.3 is 19.7 Å². The van der Waals surface area contributed by atoms with Crippen LogP contribution in [0.4, 0.5) is 31.1 Å². The lowest BCUT2D eigenvalue weighted by Gasteiger charge is -2.19. The lowest BCUT2D eigenvalue weighted by Crippen LogP contribution is -2.31. The molecule has 40 heavy (non-hydrogen) atoms. The molecule has 13 heteroatoms. The molecule has 0 radical (unpaired) electrons. The van der Waals surface area contributed by atoms with Crippen molar-refractivity contribution in [2.24, 2.45) is 4.99 Å². The van der Waals surface area contributed by atoms with Crippen LogP contribution < -0.4 is 14.8 Å². The summed E-state index contributed by atoms with van der Waals surface area (Å²) >= 11 is 0.970. The van der Waals surface area contributed by atoms with Gasteiger partial charge in [0, 0.05) is 18.2 Å². The molecule has 2 aromatic rings. The number of thioether (sulfide) groups is 1. The van der Waals surface area contributed by atoms with Gasteiger partial charge in [0.1, 0.15) is 12.4 Å². The number of halogens is 6. The predicted octanol–water partition coefficient (Wildman–Crippen LogP) is 6.99. The van der Waals surface area contributed by atoms with E-state index in [4.69, 9.17) is 9.47 Å². The summed E-state index contributed by atoms with van der Waals surface area (Å²) < 4.78 is 90.1. The Hall–Kier alpha value is -3.19. The van der Waals surface area contributed by atoms with Gasteiger partial charge in [0.05, 0.1) is 23.1 Å². The zero-order chi connectivity index (χ0) is 29.1. The van der Waals surface area contributed by atoms with Crippen molar-refractivity contribution in [3.8, 4) is 11.5 Å². The molecule has 2 heterocycles. The van der Waals surface area contributed by atoms with E-state index in [2.05, 4.69) is 22.3 Å². The predicted molar refractivity (Wildman–Crippen MR) is 140 cm³/mol. The number of nitrogens with one attached hydrogen (secondary N) is 1. The van der Waals surface area contributed by atoms with Crippen molar-refractivity contribution < 1.29 is 40.6 Å². The molecule has 0 spiro atoms. The van der Waals surface area contributed by atoms with Gasteiger partial charge in [-0.15, -0.1) is 0 Å². The number of nitrogens with zero attached hydrogens (tertiary/aromatic N) is 2. The summed E-state index contributed by atoms with van der Waals surface area (Å²) in [5, 5.41) is 2.88. The first-order valence-electron chi connectivity index (χ1n) is 12.4. The molecule has 1 N–H and O–H groups in total. The molecule has 216 valence electrons. The number of methoxy groups -OCH3 is 1. The van der Waals surface area contributed by atoms with Crippen LogP contribution in [0.5, 0.6) is 11.5 Å². The van der Waals surface area contributed by atoms with Crippen LogP contribution in [0.1, 0.15) is 41.5 Å². The van der Waals surface area contributed by atoms with Gasteiger partial charge >= 0.3 is 17.6 Å². The molecule has 1 saturated heterocycles. The monoisotopic (exact) mass is 587 g/mol. The summed E-state index contributed by atoms with van der Waals surface area (Å²) in [4.78, 5) is 19.0. The smallest absolute Gasteiger partial charge is 0.416 e. The van der Waals surface area contributed by atoms with Gasteiger partial charge in [-0.25, -0.2) is 0 Å². The van der Waals surface area contributed by atoms with Crippen molar-refractivity contribution in [1.29, 1.82) is 0 Å². The van der Waals surface area contributed by atoms with Crippen molar-refractivity contribution >= 4 is 28.9 Å². The maximum absolute atomic E-state index is 13.5. The Bertz CT molecular complexity index is 1310. The first-order valence-corrected chi connectivity index (χ1v) is 13.2. The van der Waals surface area contributed by atoms with Crippen LogP contribution in [0.25, 0.3) is 6.08 Å². The molecule has 0 bridgehead atoms. The van der Waals surface area contributed by atoms with Crippen LogP contribution in [-0.4, -0.2) is 49.3 Å². The summed E-state index contributed by atoms with van der Waals surface area (Å²) in [5.74, 6) is 0.761. The summed E-state index contributed by atoms with van der Waals surface area (Å²) in [6, 6.07) is 6.57. The number of rotatable bonds is 8. The zero-order valence-electron chi connectivity index (χ0n) is 21.7. The molecule has 0 aliphatic carbocycles. The van der Waals surface area contributed by atoms with Gasteiger partial charge in [-0.05, 0) is 80.5 Å². The maximum atomic E-state index is 13.5. The van der Waals surface area contributed by atoms with Crippen LogP contribution in [0.2, 0.25) is 0 Å². The van der Waals surface area contributed by atoms with Gasteiger partial charge in [0.25, 0.3) is 0 Å². The largest absolute Gasteiger partial charge is 0.493 e. The summed E-state index contributed by atoms with van der Waals surface area (Å²) in [7, 11) is 3.44. The van der Waals surface area contributed by atoms with E-state index in [0.29, 0.717) is 35.0 Å². The normalized spacial score (nSPS) is 19.3.